The number of rotatable bonds is 6. The van der Waals surface area contributed by atoms with Gasteiger partial charge < -0.3 is 15.2 Å². The van der Waals surface area contributed by atoms with Crippen molar-refractivity contribution in [3.63, 3.8) is 0 Å². The maximum absolute atomic E-state index is 12.6. The minimum absolute atomic E-state index is 0.0486. The number of aryl methyl sites for hydroxylation is 1. The molecule has 0 aliphatic heterocycles. The number of nitrogens with zero attached hydrogens (tertiary/aromatic N) is 1. The fourth-order valence-electron chi connectivity index (χ4n) is 3.10. The molecule has 1 amide bonds. The van der Waals surface area contributed by atoms with Crippen LogP contribution < -0.4 is 5.32 Å². The number of ketones is 1. The Morgan fingerprint density at radius 2 is 1.88 bits per heavy atom. The normalized spacial score (nSPS) is 12.3. The molecule has 1 heterocycles. The summed E-state index contributed by atoms with van der Waals surface area (Å²) >= 11 is 6.30. The molecule has 1 aromatic heterocycles. The number of halogens is 1. The van der Waals surface area contributed by atoms with Crippen LogP contribution in [0.1, 0.15) is 50.6 Å². The van der Waals surface area contributed by atoms with Crippen LogP contribution in [-0.2, 0) is 0 Å². The zero-order chi connectivity index (χ0) is 18.7. The van der Waals surface area contributed by atoms with Crippen LogP contribution in [-0.4, -0.2) is 42.2 Å². The van der Waals surface area contributed by atoms with Gasteiger partial charge in [0, 0.05) is 22.8 Å². The molecular formula is C19H24ClN3O2. The molecule has 0 saturated heterocycles. The fourth-order valence-corrected chi connectivity index (χ4v) is 3.36. The van der Waals surface area contributed by atoms with Crippen molar-refractivity contribution in [2.45, 2.75) is 26.8 Å². The fraction of sp³-hybridized carbons (Fsp3) is 0.368. The summed E-state index contributed by atoms with van der Waals surface area (Å²) in [6.07, 6.45) is 0. The number of amides is 1. The summed E-state index contributed by atoms with van der Waals surface area (Å²) in [4.78, 5) is 29.4. The molecule has 6 heteroatoms. The Morgan fingerprint density at radius 3 is 2.40 bits per heavy atom. The molecule has 2 N–H and O–H groups in total. The van der Waals surface area contributed by atoms with E-state index in [2.05, 4.69) is 10.3 Å². The Morgan fingerprint density at radius 1 is 1.24 bits per heavy atom. The third-order valence-electron chi connectivity index (χ3n) is 4.36. The second kappa shape index (κ2) is 7.85. The van der Waals surface area contributed by atoms with Crippen LogP contribution in [0, 0.1) is 13.8 Å². The van der Waals surface area contributed by atoms with Crippen molar-refractivity contribution in [2.75, 3.05) is 20.6 Å². The standard InChI is InChI=1S/C19H24ClN3O2/c1-11-17(13(3)24)12(2)22-18(11)19(25)21-10-16(23(4)5)14-8-6-7-9-15(14)20/h6-9,16,22H,10H2,1-5H3,(H,21,25)/t16-/m0/s1. The van der Waals surface area contributed by atoms with E-state index in [9.17, 15) is 9.59 Å². The van der Waals surface area contributed by atoms with Crippen molar-refractivity contribution in [1.82, 2.24) is 15.2 Å². The van der Waals surface area contributed by atoms with Crippen LogP contribution in [0.15, 0.2) is 24.3 Å². The number of carbonyl (C=O) groups excluding carboxylic acids is 2. The van der Waals surface area contributed by atoms with Crippen LogP contribution in [0.25, 0.3) is 0 Å². The van der Waals surface area contributed by atoms with Crippen LogP contribution in [0.4, 0.5) is 0 Å². The number of likely N-dealkylation sites (N-methyl/N-ethyl adjacent to an activating group) is 1. The van der Waals surface area contributed by atoms with E-state index in [0.29, 0.717) is 34.1 Å². The summed E-state index contributed by atoms with van der Waals surface area (Å²) in [6.45, 7) is 5.49. The summed E-state index contributed by atoms with van der Waals surface area (Å²) in [5, 5.41) is 3.61. The van der Waals surface area contributed by atoms with Gasteiger partial charge in [0.25, 0.3) is 5.91 Å². The molecule has 0 saturated carbocycles. The van der Waals surface area contributed by atoms with Gasteiger partial charge in [-0.15, -0.1) is 0 Å². The van der Waals surface area contributed by atoms with Crippen molar-refractivity contribution >= 4 is 23.3 Å². The molecule has 0 radical (unpaired) electrons. The van der Waals surface area contributed by atoms with E-state index in [1.807, 2.05) is 43.3 Å². The number of carbonyl (C=O) groups is 2. The van der Waals surface area contributed by atoms with Gasteiger partial charge in [-0.25, -0.2) is 0 Å². The van der Waals surface area contributed by atoms with E-state index < -0.39 is 0 Å². The van der Waals surface area contributed by atoms with Crippen LogP contribution in [0.2, 0.25) is 5.02 Å². The van der Waals surface area contributed by atoms with Gasteiger partial charge in [-0.05, 0) is 52.1 Å². The summed E-state index contributed by atoms with van der Waals surface area (Å²) in [5.74, 6) is -0.278. The van der Waals surface area contributed by atoms with Gasteiger partial charge in [-0.1, -0.05) is 29.8 Å². The molecule has 2 aromatic rings. The molecule has 0 fully saturated rings. The molecule has 134 valence electrons. The maximum atomic E-state index is 12.6. The largest absolute Gasteiger partial charge is 0.354 e. The molecule has 0 unspecified atom stereocenters. The monoisotopic (exact) mass is 361 g/mol. The highest BCUT2D eigenvalue weighted by Crippen LogP contribution is 2.25. The SMILES string of the molecule is CC(=O)c1c(C)[nH]c(C(=O)NC[C@@H](c2ccccc2Cl)N(C)C)c1C. The summed E-state index contributed by atoms with van der Waals surface area (Å²) in [7, 11) is 3.89. The second-order valence-electron chi connectivity index (χ2n) is 6.39. The predicted octanol–water partition coefficient (Wildman–Crippen LogP) is 3.52. The molecule has 25 heavy (non-hydrogen) atoms. The van der Waals surface area contributed by atoms with E-state index >= 15 is 0 Å². The Labute approximate surface area is 153 Å². The molecule has 1 aromatic carbocycles. The molecule has 0 bridgehead atoms. The zero-order valence-electron chi connectivity index (χ0n) is 15.2. The van der Waals surface area contributed by atoms with E-state index in [0.717, 1.165) is 5.56 Å². The van der Waals surface area contributed by atoms with Gasteiger partial charge in [0.2, 0.25) is 0 Å². The third kappa shape index (κ3) is 4.11. The number of Topliss-reactive ketones (excluding diaryl/α,β-unsaturated/α-hetero) is 1. The zero-order valence-corrected chi connectivity index (χ0v) is 16.0. The number of benzene rings is 1. The minimum Gasteiger partial charge on any atom is -0.354 e. The number of hydrogen-bond donors (Lipinski definition) is 2. The average molecular weight is 362 g/mol. The Bertz CT molecular complexity index is 796. The van der Waals surface area contributed by atoms with Crippen molar-refractivity contribution < 1.29 is 9.59 Å². The van der Waals surface area contributed by atoms with E-state index in [1.54, 1.807) is 13.8 Å². The molecule has 0 aliphatic carbocycles. The Hall–Kier alpha value is -2.11. The van der Waals surface area contributed by atoms with Crippen LogP contribution in [0.3, 0.4) is 0 Å². The van der Waals surface area contributed by atoms with Gasteiger partial charge >= 0.3 is 0 Å². The predicted molar refractivity (Wildman–Crippen MR) is 100 cm³/mol. The first-order chi connectivity index (χ1) is 11.7. The highest BCUT2D eigenvalue weighted by molar-refractivity contribution is 6.31. The lowest BCUT2D eigenvalue weighted by molar-refractivity contribution is 0.0936. The summed E-state index contributed by atoms with van der Waals surface area (Å²) in [5.41, 5.74) is 3.37. The van der Waals surface area contributed by atoms with Crippen LogP contribution >= 0.6 is 11.6 Å². The highest BCUT2D eigenvalue weighted by atomic mass is 35.5. The number of aromatic nitrogens is 1. The lowest BCUT2D eigenvalue weighted by Gasteiger charge is -2.26. The van der Waals surface area contributed by atoms with Gasteiger partial charge in [0.05, 0.1) is 6.04 Å². The van der Waals surface area contributed by atoms with E-state index in [4.69, 9.17) is 11.6 Å². The molecule has 0 spiro atoms. The van der Waals surface area contributed by atoms with Crippen LogP contribution in [0.5, 0.6) is 0 Å². The summed E-state index contributed by atoms with van der Waals surface area (Å²) < 4.78 is 0. The Balaban J connectivity index is 2.19. The smallest absolute Gasteiger partial charge is 0.268 e. The minimum atomic E-state index is -0.230. The lowest BCUT2D eigenvalue weighted by atomic mass is 10.1. The first-order valence-corrected chi connectivity index (χ1v) is 8.51. The van der Waals surface area contributed by atoms with Crippen molar-refractivity contribution in [3.05, 3.63) is 57.4 Å². The van der Waals surface area contributed by atoms with Crippen molar-refractivity contribution in [1.29, 1.82) is 0 Å². The quantitative estimate of drug-likeness (QED) is 0.774. The number of nitrogens with one attached hydrogen (secondary N) is 2. The topological polar surface area (TPSA) is 65.2 Å². The van der Waals surface area contributed by atoms with Gasteiger partial charge in [-0.2, -0.15) is 0 Å². The van der Waals surface area contributed by atoms with Gasteiger partial charge in [0.15, 0.2) is 5.78 Å². The molecule has 5 nitrogen and oxygen atoms in total. The molecular weight excluding hydrogens is 338 g/mol. The molecule has 2 rings (SSSR count). The first kappa shape index (κ1) is 19.2. The van der Waals surface area contributed by atoms with Gasteiger partial charge in [-0.3, -0.25) is 9.59 Å². The van der Waals surface area contributed by atoms with Crippen molar-refractivity contribution in [2.24, 2.45) is 0 Å². The number of hydrogen-bond acceptors (Lipinski definition) is 3. The maximum Gasteiger partial charge on any atom is 0.268 e. The van der Waals surface area contributed by atoms with E-state index in [1.165, 1.54) is 6.92 Å². The molecule has 0 aliphatic rings. The Kier molecular flexibility index (Phi) is 6.03. The van der Waals surface area contributed by atoms with Gasteiger partial charge in [0.1, 0.15) is 5.69 Å². The average Bonchev–Trinajstić information content (AvgIpc) is 2.83. The highest BCUT2D eigenvalue weighted by Gasteiger charge is 2.22. The van der Waals surface area contributed by atoms with E-state index in [-0.39, 0.29) is 17.7 Å². The first-order valence-electron chi connectivity index (χ1n) is 8.13. The lowest BCUT2D eigenvalue weighted by Crippen LogP contribution is -2.35. The van der Waals surface area contributed by atoms with Crippen molar-refractivity contribution in [3.8, 4) is 0 Å². The summed E-state index contributed by atoms with van der Waals surface area (Å²) in [6, 6.07) is 7.55. The third-order valence-corrected chi connectivity index (χ3v) is 4.70. The molecule has 1 atom stereocenters. The second-order valence-corrected chi connectivity index (χ2v) is 6.80. The number of aromatic amines is 1. The number of H-pyrrole nitrogens is 1.